The van der Waals surface area contributed by atoms with Crippen LogP contribution in [0.1, 0.15) is 24.3 Å². The predicted molar refractivity (Wildman–Crippen MR) is 59.2 cm³/mol. The molecule has 0 aromatic heterocycles. The zero-order valence-corrected chi connectivity index (χ0v) is 8.67. The Morgan fingerprint density at radius 1 is 1.33 bits per heavy atom. The molecule has 0 aliphatic carbocycles. The molecule has 1 heterocycles. The van der Waals surface area contributed by atoms with Crippen LogP contribution < -0.4 is 5.84 Å². The molecule has 2 rings (SSSR count). The minimum Gasteiger partial charge on any atom is -0.302 e. The average Bonchev–Trinajstić information content (AvgIpc) is 2.30. The van der Waals surface area contributed by atoms with Gasteiger partial charge in [-0.05, 0) is 18.4 Å². The number of carbonyl (C=O) groups is 1. The fourth-order valence-electron chi connectivity index (χ4n) is 2.28. The quantitative estimate of drug-likeness (QED) is 0.583. The molecule has 2 N–H and O–H groups in total. The van der Waals surface area contributed by atoms with E-state index >= 15 is 0 Å². The largest absolute Gasteiger partial charge is 0.302 e. The van der Waals surface area contributed by atoms with Gasteiger partial charge in [0.2, 0.25) is 0 Å². The van der Waals surface area contributed by atoms with Gasteiger partial charge in [-0.3, -0.25) is 5.84 Å². The van der Waals surface area contributed by atoms with Crippen molar-refractivity contribution in [2.24, 2.45) is 5.84 Å². The van der Waals surface area contributed by atoms with Crippen molar-refractivity contribution >= 4 is 6.29 Å². The molecule has 0 radical (unpaired) electrons. The minimum absolute atomic E-state index is 0.166. The van der Waals surface area contributed by atoms with Gasteiger partial charge >= 0.3 is 0 Å². The number of carbonyl (C=O) groups excluding carboxylic acids is 1. The maximum atomic E-state index is 11.0. The van der Waals surface area contributed by atoms with Crippen LogP contribution in [0.25, 0.3) is 0 Å². The fourth-order valence-corrected chi connectivity index (χ4v) is 2.28. The van der Waals surface area contributed by atoms with E-state index in [4.69, 9.17) is 5.84 Å². The van der Waals surface area contributed by atoms with Crippen molar-refractivity contribution in [2.75, 3.05) is 6.54 Å². The summed E-state index contributed by atoms with van der Waals surface area (Å²) in [6.07, 6.45) is 3.07. The Labute approximate surface area is 89.8 Å². The summed E-state index contributed by atoms with van der Waals surface area (Å²) in [6.45, 7) is 0.812. The first kappa shape index (κ1) is 10.3. The van der Waals surface area contributed by atoms with Crippen molar-refractivity contribution in [3.63, 3.8) is 0 Å². The molecule has 2 unspecified atom stereocenters. The van der Waals surface area contributed by atoms with E-state index in [9.17, 15) is 4.79 Å². The van der Waals surface area contributed by atoms with Crippen LogP contribution in [0.3, 0.4) is 0 Å². The summed E-state index contributed by atoms with van der Waals surface area (Å²) in [4.78, 5) is 11.0. The number of nitrogens with two attached hydrogens (primary N) is 1. The molecule has 2 atom stereocenters. The summed E-state index contributed by atoms with van der Waals surface area (Å²) >= 11 is 0. The van der Waals surface area contributed by atoms with Gasteiger partial charge in [0.05, 0.1) is 6.04 Å². The van der Waals surface area contributed by atoms with Gasteiger partial charge in [0.15, 0.2) is 0 Å². The van der Waals surface area contributed by atoms with Crippen molar-refractivity contribution in [3.05, 3.63) is 35.9 Å². The Morgan fingerprint density at radius 3 is 2.73 bits per heavy atom. The number of nitrogens with zero attached hydrogens (tertiary/aromatic N) is 1. The molecule has 1 aliphatic rings. The molecule has 3 nitrogen and oxygen atoms in total. The highest BCUT2D eigenvalue weighted by Gasteiger charge is 2.30. The summed E-state index contributed by atoms with van der Waals surface area (Å²) in [5, 5.41) is 1.66. The number of hydrogen-bond acceptors (Lipinski definition) is 3. The monoisotopic (exact) mass is 204 g/mol. The van der Waals surface area contributed by atoms with Gasteiger partial charge in [-0.2, -0.15) is 0 Å². The van der Waals surface area contributed by atoms with Gasteiger partial charge in [-0.15, -0.1) is 0 Å². The second kappa shape index (κ2) is 4.55. The highest BCUT2D eigenvalue weighted by Crippen LogP contribution is 2.29. The SMILES string of the molecule is NN1CCCC(c2ccccc2)C1C=O. The Morgan fingerprint density at radius 2 is 2.07 bits per heavy atom. The van der Waals surface area contributed by atoms with Crippen LogP contribution in [-0.4, -0.2) is 23.9 Å². The maximum Gasteiger partial charge on any atom is 0.139 e. The average molecular weight is 204 g/mol. The van der Waals surface area contributed by atoms with Gasteiger partial charge in [-0.25, -0.2) is 5.01 Å². The second-order valence-electron chi connectivity index (χ2n) is 4.02. The van der Waals surface area contributed by atoms with Crippen molar-refractivity contribution in [2.45, 2.75) is 24.8 Å². The first-order valence-corrected chi connectivity index (χ1v) is 5.34. The summed E-state index contributed by atoms with van der Waals surface area (Å²) in [5.41, 5.74) is 1.21. The van der Waals surface area contributed by atoms with E-state index in [0.717, 1.165) is 25.7 Å². The third-order valence-corrected chi connectivity index (χ3v) is 3.09. The zero-order valence-electron chi connectivity index (χ0n) is 8.67. The van der Waals surface area contributed by atoms with Crippen LogP contribution in [0.4, 0.5) is 0 Å². The molecular weight excluding hydrogens is 188 g/mol. The number of piperidine rings is 1. The molecule has 1 aromatic carbocycles. The second-order valence-corrected chi connectivity index (χ2v) is 4.02. The standard InChI is InChI=1S/C12H16N2O/c13-14-8-4-7-11(12(14)9-15)10-5-2-1-3-6-10/h1-3,5-6,9,11-12H,4,7-8,13H2. The van der Waals surface area contributed by atoms with E-state index in [2.05, 4.69) is 12.1 Å². The summed E-state index contributed by atoms with van der Waals surface area (Å²) in [5.74, 6) is 6.07. The molecule has 0 amide bonds. The molecule has 15 heavy (non-hydrogen) atoms. The molecule has 1 aromatic rings. The van der Waals surface area contributed by atoms with E-state index in [-0.39, 0.29) is 12.0 Å². The van der Waals surface area contributed by atoms with Crippen molar-refractivity contribution in [1.29, 1.82) is 0 Å². The third-order valence-electron chi connectivity index (χ3n) is 3.09. The molecule has 0 saturated carbocycles. The Balaban J connectivity index is 2.23. The van der Waals surface area contributed by atoms with Crippen molar-refractivity contribution in [1.82, 2.24) is 5.01 Å². The lowest BCUT2D eigenvalue weighted by Crippen LogP contribution is -2.49. The van der Waals surface area contributed by atoms with E-state index in [1.165, 1.54) is 5.56 Å². The summed E-state index contributed by atoms with van der Waals surface area (Å²) in [6, 6.07) is 9.98. The molecule has 80 valence electrons. The predicted octanol–water partition coefficient (Wildman–Crippen LogP) is 1.31. The molecule has 1 saturated heterocycles. The normalized spacial score (nSPS) is 27.5. The van der Waals surface area contributed by atoms with E-state index in [0.29, 0.717) is 0 Å². The minimum atomic E-state index is -0.166. The van der Waals surface area contributed by atoms with E-state index in [1.807, 2.05) is 18.2 Å². The summed E-state index contributed by atoms with van der Waals surface area (Å²) in [7, 11) is 0. The van der Waals surface area contributed by atoms with Crippen LogP contribution in [0, 0.1) is 0 Å². The number of rotatable bonds is 2. The topological polar surface area (TPSA) is 46.3 Å². The molecular formula is C12H16N2O. The first-order chi connectivity index (χ1) is 7.33. The number of benzene rings is 1. The highest BCUT2D eigenvalue weighted by atomic mass is 16.1. The van der Waals surface area contributed by atoms with Crippen LogP contribution >= 0.6 is 0 Å². The van der Waals surface area contributed by atoms with Gasteiger partial charge < -0.3 is 4.79 Å². The molecule has 3 heteroatoms. The van der Waals surface area contributed by atoms with Gasteiger partial charge in [-0.1, -0.05) is 30.3 Å². The van der Waals surface area contributed by atoms with Crippen LogP contribution in [0.2, 0.25) is 0 Å². The molecule has 1 fully saturated rings. The van der Waals surface area contributed by atoms with E-state index in [1.54, 1.807) is 5.01 Å². The number of hydrazine groups is 1. The van der Waals surface area contributed by atoms with Gasteiger partial charge in [0.1, 0.15) is 6.29 Å². The lowest BCUT2D eigenvalue weighted by Gasteiger charge is -2.35. The number of hydrogen-bond donors (Lipinski definition) is 1. The zero-order chi connectivity index (χ0) is 10.7. The molecule has 0 spiro atoms. The van der Waals surface area contributed by atoms with Gasteiger partial charge in [0, 0.05) is 12.5 Å². The molecule has 1 aliphatic heterocycles. The van der Waals surface area contributed by atoms with Crippen molar-refractivity contribution in [3.8, 4) is 0 Å². The van der Waals surface area contributed by atoms with E-state index < -0.39 is 0 Å². The fraction of sp³-hybridized carbons (Fsp3) is 0.417. The van der Waals surface area contributed by atoms with Crippen LogP contribution in [-0.2, 0) is 4.79 Å². The first-order valence-electron chi connectivity index (χ1n) is 5.34. The molecule has 0 bridgehead atoms. The van der Waals surface area contributed by atoms with Crippen LogP contribution in [0.5, 0.6) is 0 Å². The summed E-state index contributed by atoms with van der Waals surface area (Å²) < 4.78 is 0. The lowest BCUT2D eigenvalue weighted by atomic mass is 9.85. The Bertz CT molecular complexity index is 326. The van der Waals surface area contributed by atoms with Crippen molar-refractivity contribution < 1.29 is 4.79 Å². The van der Waals surface area contributed by atoms with Crippen LogP contribution in [0.15, 0.2) is 30.3 Å². The number of aldehydes is 1. The highest BCUT2D eigenvalue weighted by molar-refractivity contribution is 5.60. The Kier molecular flexibility index (Phi) is 3.14. The maximum absolute atomic E-state index is 11.0. The Hall–Kier alpha value is -1.19. The van der Waals surface area contributed by atoms with Gasteiger partial charge in [0.25, 0.3) is 0 Å². The lowest BCUT2D eigenvalue weighted by molar-refractivity contribution is -0.114. The smallest absolute Gasteiger partial charge is 0.139 e. The third kappa shape index (κ3) is 2.08.